The van der Waals surface area contributed by atoms with Crippen LogP contribution in [-0.2, 0) is 25.9 Å². The second-order valence-corrected chi connectivity index (χ2v) is 7.92. The molecule has 0 spiro atoms. The van der Waals surface area contributed by atoms with Crippen LogP contribution >= 0.6 is 23.1 Å². The summed E-state index contributed by atoms with van der Waals surface area (Å²) in [6, 6.07) is 0. The average molecular weight is 330 g/mol. The molecular weight excluding hydrogens is 316 g/mol. The van der Waals surface area contributed by atoms with E-state index in [9.17, 15) is 4.79 Å². The Labute approximate surface area is 135 Å². The van der Waals surface area contributed by atoms with Crippen molar-refractivity contribution in [1.82, 2.24) is 19.1 Å². The Balaban J connectivity index is 1.59. The number of aromatic nitrogens is 4. The molecule has 5 rings (SSSR count). The van der Waals surface area contributed by atoms with Gasteiger partial charge in [0.15, 0.2) is 5.16 Å². The van der Waals surface area contributed by atoms with Crippen LogP contribution < -0.4 is 5.56 Å². The minimum Gasteiger partial charge on any atom is -0.325 e. The molecule has 5 nitrogen and oxygen atoms in total. The molecule has 2 aliphatic rings. The van der Waals surface area contributed by atoms with Crippen LogP contribution in [0, 0.1) is 0 Å². The van der Waals surface area contributed by atoms with Crippen molar-refractivity contribution in [3.8, 4) is 0 Å². The molecule has 0 atom stereocenters. The van der Waals surface area contributed by atoms with Gasteiger partial charge in [0, 0.05) is 23.4 Å². The van der Waals surface area contributed by atoms with Crippen molar-refractivity contribution in [3.05, 3.63) is 39.0 Å². The van der Waals surface area contributed by atoms with E-state index in [0.717, 1.165) is 52.6 Å². The number of nitrogens with zero attached hydrogens (tertiary/aromatic N) is 4. The highest BCUT2D eigenvalue weighted by atomic mass is 32.2. The van der Waals surface area contributed by atoms with Crippen LogP contribution in [-0.4, -0.2) is 24.9 Å². The quantitative estimate of drug-likeness (QED) is 0.723. The lowest BCUT2D eigenvalue weighted by atomic mass is 10.2. The van der Waals surface area contributed by atoms with Gasteiger partial charge < -0.3 is 4.57 Å². The first-order valence-corrected chi connectivity index (χ1v) is 9.28. The van der Waals surface area contributed by atoms with Crippen LogP contribution in [0.2, 0.25) is 0 Å². The first kappa shape index (κ1) is 12.9. The maximum atomic E-state index is 12.8. The van der Waals surface area contributed by atoms with Gasteiger partial charge in [0.05, 0.1) is 24.0 Å². The van der Waals surface area contributed by atoms with Gasteiger partial charge in [0.2, 0.25) is 0 Å². The minimum absolute atomic E-state index is 0.0882. The average Bonchev–Trinajstić information content (AvgIpc) is 3.20. The zero-order valence-corrected chi connectivity index (χ0v) is 13.5. The summed E-state index contributed by atoms with van der Waals surface area (Å²) in [5.74, 6) is 1.09. The van der Waals surface area contributed by atoms with E-state index in [1.165, 1.54) is 10.4 Å². The number of thiophene rings is 1. The molecule has 0 aromatic carbocycles. The summed E-state index contributed by atoms with van der Waals surface area (Å²) in [6.45, 7) is 1.52. The molecule has 1 aliphatic heterocycles. The number of rotatable bonds is 2. The van der Waals surface area contributed by atoms with Gasteiger partial charge in [-0.15, -0.1) is 11.3 Å². The standard InChI is InChI=1S/C15H14N4OS2/c20-14-12-10-2-1-3-11(10)22-13(12)16-8-19(14)7-9-6-18-4-5-21-15(18)17-9/h6,8H,1-5,7H2. The van der Waals surface area contributed by atoms with Gasteiger partial charge >= 0.3 is 0 Å². The van der Waals surface area contributed by atoms with Gasteiger partial charge in [-0.25, -0.2) is 9.97 Å². The molecule has 0 amide bonds. The molecule has 112 valence electrons. The summed E-state index contributed by atoms with van der Waals surface area (Å²) in [7, 11) is 0. The van der Waals surface area contributed by atoms with Gasteiger partial charge in [-0.3, -0.25) is 9.36 Å². The Morgan fingerprint density at radius 3 is 3.18 bits per heavy atom. The Morgan fingerprint density at radius 2 is 2.27 bits per heavy atom. The third-order valence-corrected chi connectivity index (χ3v) is 6.55. The number of aryl methyl sites for hydroxylation is 3. The normalized spacial score (nSPS) is 16.4. The Hall–Kier alpha value is -1.60. The van der Waals surface area contributed by atoms with Crippen molar-refractivity contribution in [1.29, 1.82) is 0 Å². The fourth-order valence-corrected chi connectivity index (χ4v) is 5.53. The zero-order chi connectivity index (χ0) is 14.7. The highest BCUT2D eigenvalue weighted by molar-refractivity contribution is 7.99. The highest BCUT2D eigenvalue weighted by Crippen LogP contribution is 2.34. The lowest BCUT2D eigenvalue weighted by Crippen LogP contribution is -2.21. The molecule has 0 radical (unpaired) electrons. The topological polar surface area (TPSA) is 52.7 Å². The molecule has 7 heteroatoms. The maximum absolute atomic E-state index is 12.8. The van der Waals surface area contributed by atoms with Gasteiger partial charge in [0.1, 0.15) is 4.83 Å². The third kappa shape index (κ3) is 1.82. The predicted octanol–water partition coefficient (Wildman–Crippen LogP) is 2.30. The van der Waals surface area contributed by atoms with Crippen LogP contribution in [0.15, 0.2) is 22.5 Å². The van der Waals surface area contributed by atoms with Crippen molar-refractivity contribution < 1.29 is 0 Å². The van der Waals surface area contributed by atoms with E-state index in [2.05, 4.69) is 20.7 Å². The molecule has 0 N–H and O–H groups in total. The zero-order valence-electron chi connectivity index (χ0n) is 11.9. The largest absolute Gasteiger partial charge is 0.325 e. The predicted molar refractivity (Wildman–Crippen MR) is 88.0 cm³/mol. The molecule has 22 heavy (non-hydrogen) atoms. The van der Waals surface area contributed by atoms with E-state index in [-0.39, 0.29) is 5.56 Å². The van der Waals surface area contributed by atoms with Crippen molar-refractivity contribution in [2.45, 2.75) is 37.5 Å². The molecule has 0 unspecified atom stereocenters. The lowest BCUT2D eigenvalue weighted by Gasteiger charge is -2.03. The molecule has 3 aromatic heterocycles. The number of hydrogen-bond donors (Lipinski definition) is 0. The summed E-state index contributed by atoms with van der Waals surface area (Å²) in [6.07, 6.45) is 7.01. The molecular formula is C15H14N4OS2. The van der Waals surface area contributed by atoms with Crippen molar-refractivity contribution in [3.63, 3.8) is 0 Å². The lowest BCUT2D eigenvalue weighted by molar-refractivity contribution is 0.719. The minimum atomic E-state index is 0.0882. The monoisotopic (exact) mass is 330 g/mol. The summed E-state index contributed by atoms with van der Waals surface area (Å²) < 4.78 is 3.87. The molecule has 0 saturated heterocycles. The Kier molecular flexibility index (Phi) is 2.75. The van der Waals surface area contributed by atoms with E-state index in [4.69, 9.17) is 0 Å². The van der Waals surface area contributed by atoms with Crippen LogP contribution in [0.5, 0.6) is 0 Å². The van der Waals surface area contributed by atoms with E-state index < -0.39 is 0 Å². The number of hydrogen-bond acceptors (Lipinski definition) is 5. The van der Waals surface area contributed by atoms with E-state index >= 15 is 0 Å². The second kappa shape index (κ2) is 4.70. The molecule has 3 aromatic rings. The molecule has 0 saturated carbocycles. The van der Waals surface area contributed by atoms with Crippen LogP contribution in [0.1, 0.15) is 22.6 Å². The summed E-state index contributed by atoms with van der Waals surface area (Å²) in [5.41, 5.74) is 2.28. The van der Waals surface area contributed by atoms with Crippen LogP contribution in [0.25, 0.3) is 10.2 Å². The van der Waals surface area contributed by atoms with Crippen molar-refractivity contribution in [2.24, 2.45) is 0 Å². The summed E-state index contributed by atoms with van der Waals surface area (Å²) in [5, 5.41) is 1.91. The first-order valence-electron chi connectivity index (χ1n) is 7.48. The molecule has 1 aliphatic carbocycles. The van der Waals surface area contributed by atoms with E-state index in [0.29, 0.717) is 6.54 Å². The summed E-state index contributed by atoms with van der Waals surface area (Å²) >= 11 is 3.46. The molecule has 4 heterocycles. The smallest absolute Gasteiger partial charge is 0.262 e. The van der Waals surface area contributed by atoms with Crippen molar-refractivity contribution in [2.75, 3.05) is 5.75 Å². The van der Waals surface area contributed by atoms with Gasteiger partial charge in [-0.2, -0.15) is 0 Å². The number of fused-ring (bicyclic) bond motifs is 4. The third-order valence-electron chi connectivity index (χ3n) is 4.38. The van der Waals surface area contributed by atoms with E-state index in [1.807, 2.05) is 0 Å². The highest BCUT2D eigenvalue weighted by Gasteiger charge is 2.22. The molecule has 0 bridgehead atoms. The fraction of sp³-hybridized carbons (Fsp3) is 0.400. The SMILES string of the molecule is O=c1c2c3c(sc2ncn1Cc1cn2c(n1)SCC2)CCC3. The molecule has 0 fully saturated rings. The second-order valence-electron chi connectivity index (χ2n) is 5.77. The van der Waals surface area contributed by atoms with Crippen molar-refractivity contribution >= 4 is 33.3 Å². The van der Waals surface area contributed by atoms with Crippen LogP contribution in [0.3, 0.4) is 0 Å². The Morgan fingerprint density at radius 1 is 1.32 bits per heavy atom. The van der Waals surface area contributed by atoms with Crippen LogP contribution in [0.4, 0.5) is 0 Å². The first-order chi connectivity index (χ1) is 10.8. The van der Waals surface area contributed by atoms with E-state index in [1.54, 1.807) is 34.0 Å². The summed E-state index contributed by atoms with van der Waals surface area (Å²) in [4.78, 5) is 24.2. The Bertz CT molecular complexity index is 931. The van der Waals surface area contributed by atoms with Gasteiger partial charge in [-0.1, -0.05) is 11.8 Å². The number of imidazole rings is 1. The maximum Gasteiger partial charge on any atom is 0.262 e. The fourth-order valence-electron chi connectivity index (χ4n) is 3.34. The van der Waals surface area contributed by atoms with Gasteiger partial charge in [0.25, 0.3) is 5.56 Å². The number of thioether (sulfide) groups is 1. The van der Waals surface area contributed by atoms with Gasteiger partial charge in [-0.05, 0) is 24.8 Å².